The van der Waals surface area contributed by atoms with Crippen molar-refractivity contribution in [2.24, 2.45) is 0 Å². The van der Waals surface area contributed by atoms with E-state index in [1.165, 1.54) is 24.0 Å². The molecular weight excluding hydrogens is 184 g/mol. The number of hydrogen-bond acceptors (Lipinski definition) is 2. The largest absolute Gasteiger partial charge is 0.314 e. The maximum absolute atomic E-state index is 4.12. The lowest BCUT2D eigenvalue weighted by molar-refractivity contribution is 0.691. The summed E-state index contributed by atoms with van der Waals surface area (Å²) in [6.45, 7) is 3.21. The molecule has 2 rings (SSSR count). The van der Waals surface area contributed by atoms with Gasteiger partial charge >= 0.3 is 0 Å². The predicted molar refractivity (Wildman–Crippen MR) is 63.6 cm³/mol. The Balaban J connectivity index is 1.74. The topological polar surface area (TPSA) is 24.9 Å². The Kier molecular flexibility index (Phi) is 3.51. The van der Waals surface area contributed by atoms with Gasteiger partial charge in [-0.1, -0.05) is 12.2 Å². The molecule has 0 saturated heterocycles. The van der Waals surface area contributed by atoms with Crippen molar-refractivity contribution in [1.29, 1.82) is 0 Å². The molecule has 0 spiro atoms. The molecule has 1 fully saturated rings. The van der Waals surface area contributed by atoms with Crippen LogP contribution in [0.25, 0.3) is 6.08 Å². The van der Waals surface area contributed by atoms with E-state index in [2.05, 4.69) is 29.4 Å². The van der Waals surface area contributed by atoms with Crippen molar-refractivity contribution in [3.05, 3.63) is 35.7 Å². The smallest absolute Gasteiger partial charge is 0.0342 e. The molecule has 15 heavy (non-hydrogen) atoms. The lowest BCUT2D eigenvalue weighted by Gasteiger charge is -1.99. The summed E-state index contributed by atoms with van der Waals surface area (Å²) >= 11 is 0. The van der Waals surface area contributed by atoms with Gasteiger partial charge in [-0.25, -0.2) is 0 Å². The minimum Gasteiger partial charge on any atom is -0.314 e. The van der Waals surface area contributed by atoms with Crippen molar-refractivity contribution in [3.63, 3.8) is 0 Å². The number of rotatable bonds is 5. The number of aromatic nitrogens is 1. The normalized spacial score (nSPS) is 16.1. The zero-order chi connectivity index (χ0) is 10.5. The molecule has 2 heteroatoms. The summed E-state index contributed by atoms with van der Waals surface area (Å²) in [5.41, 5.74) is 2.51. The van der Waals surface area contributed by atoms with Crippen LogP contribution in [0, 0.1) is 6.92 Å². The van der Waals surface area contributed by atoms with Crippen LogP contribution in [0.15, 0.2) is 24.5 Å². The van der Waals surface area contributed by atoms with Crippen molar-refractivity contribution < 1.29 is 0 Å². The van der Waals surface area contributed by atoms with E-state index in [1.807, 2.05) is 18.5 Å². The molecule has 0 atom stereocenters. The summed E-state index contributed by atoms with van der Waals surface area (Å²) in [6.07, 6.45) is 12.0. The monoisotopic (exact) mass is 202 g/mol. The van der Waals surface area contributed by atoms with Gasteiger partial charge < -0.3 is 5.32 Å². The predicted octanol–water partition coefficient (Wildman–Crippen LogP) is 2.55. The Morgan fingerprint density at radius 3 is 3.13 bits per heavy atom. The number of aryl methyl sites for hydroxylation is 1. The maximum atomic E-state index is 4.12. The molecule has 0 aliphatic heterocycles. The molecule has 1 aromatic rings. The Morgan fingerprint density at radius 2 is 2.40 bits per heavy atom. The molecule has 2 nitrogen and oxygen atoms in total. The SMILES string of the molecule is Cc1ccncc1C=CCCNC1CC1. The van der Waals surface area contributed by atoms with E-state index in [9.17, 15) is 0 Å². The molecular formula is C13H18N2. The van der Waals surface area contributed by atoms with Crippen LogP contribution in [-0.2, 0) is 0 Å². The molecule has 1 N–H and O–H groups in total. The van der Waals surface area contributed by atoms with Gasteiger partial charge in [0.2, 0.25) is 0 Å². The van der Waals surface area contributed by atoms with Crippen LogP contribution in [0.5, 0.6) is 0 Å². The molecule has 0 aromatic carbocycles. The van der Waals surface area contributed by atoms with E-state index < -0.39 is 0 Å². The third kappa shape index (κ3) is 3.48. The molecule has 1 aromatic heterocycles. The van der Waals surface area contributed by atoms with E-state index in [4.69, 9.17) is 0 Å². The van der Waals surface area contributed by atoms with Gasteiger partial charge in [-0.15, -0.1) is 0 Å². The highest BCUT2D eigenvalue weighted by Crippen LogP contribution is 2.18. The van der Waals surface area contributed by atoms with Gasteiger partial charge in [0.05, 0.1) is 0 Å². The minimum atomic E-state index is 0.818. The summed E-state index contributed by atoms with van der Waals surface area (Å²) in [5.74, 6) is 0. The molecule has 0 bridgehead atoms. The first-order valence-electron chi connectivity index (χ1n) is 5.67. The highest BCUT2D eigenvalue weighted by Gasteiger charge is 2.19. The Bertz CT molecular complexity index is 340. The van der Waals surface area contributed by atoms with Gasteiger partial charge in [0.25, 0.3) is 0 Å². The molecule has 1 saturated carbocycles. The van der Waals surface area contributed by atoms with Gasteiger partial charge in [0.1, 0.15) is 0 Å². The van der Waals surface area contributed by atoms with Gasteiger partial charge in [-0.3, -0.25) is 4.98 Å². The van der Waals surface area contributed by atoms with Gasteiger partial charge in [0, 0.05) is 18.4 Å². The summed E-state index contributed by atoms with van der Waals surface area (Å²) in [6, 6.07) is 2.86. The third-order valence-corrected chi connectivity index (χ3v) is 2.70. The van der Waals surface area contributed by atoms with E-state index in [1.54, 1.807) is 0 Å². The molecule has 1 heterocycles. The molecule has 0 radical (unpaired) electrons. The first-order chi connectivity index (χ1) is 7.36. The standard InChI is InChI=1S/C13H18N2/c1-11-7-9-14-10-12(11)4-2-3-8-15-13-5-6-13/h2,4,7,9-10,13,15H,3,5-6,8H2,1H3. The van der Waals surface area contributed by atoms with Crippen LogP contribution < -0.4 is 5.32 Å². The molecule has 80 valence electrons. The van der Waals surface area contributed by atoms with Crippen LogP contribution >= 0.6 is 0 Å². The van der Waals surface area contributed by atoms with Crippen molar-refractivity contribution in [2.45, 2.75) is 32.2 Å². The van der Waals surface area contributed by atoms with Crippen LogP contribution in [0.1, 0.15) is 30.4 Å². The molecule has 1 aliphatic carbocycles. The quantitative estimate of drug-likeness (QED) is 0.742. The Morgan fingerprint density at radius 1 is 1.53 bits per heavy atom. The van der Waals surface area contributed by atoms with Crippen LogP contribution in [-0.4, -0.2) is 17.6 Å². The van der Waals surface area contributed by atoms with E-state index in [0.717, 1.165) is 19.0 Å². The van der Waals surface area contributed by atoms with Crippen molar-refractivity contribution in [1.82, 2.24) is 10.3 Å². The average Bonchev–Trinajstić information content (AvgIpc) is 3.04. The second kappa shape index (κ2) is 5.08. The lowest BCUT2D eigenvalue weighted by atomic mass is 10.1. The zero-order valence-corrected chi connectivity index (χ0v) is 9.24. The maximum Gasteiger partial charge on any atom is 0.0342 e. The van der Waals surface area contributed by atoms with Crippen molar-refractivity contribution >= 4 is 6.08 Å². The highest BCUT2D eigenvalue weighted by molar-refractivity contribution is 5.51. The fourth-order valence-electron chi connectivity index (χ4n) is 1.52. The lowest BCUT2D eigenvalue weighted by Crippen LogP contribution is -2.16. The number of pyridine rings is 1. The molecule has 1 aliphatic rings. The Hall–Kier alpha value is -1.15. The summed E-state index contributed by atoms with van der Waals surface area (Å²) in [7, 11) is 0. The summed E-state index contributed by atoms with van der Waals surface area (Å²) in [5, 5.41) is 3.49. The van der Waals surface area contributed by atoms with Crippen LogP contribution in [0.4, 0.5) is 0 Å². The van der Waals surface area contributed by atoms with Gasteiger partial charge in [-0.2, -0.15) is 0 Å². The Labute approximate surface area is 91.4 Å². The van der Waals surface area contributed by atoms with E-state index in [0.29, 0.717) is 0 Å². The molecule has 0 amide bonds. The van der Waals surface area contributed by atoms with Crippen LogP contribution in [0.3, 0.4) is 0 Å². The van der Waals surface area contributed by atoms with Gasteiger partial charge in [0.15, 0.2) is 0 Å². The van der Waals surface area contributed by atoms with Crippen molar-refractivity contribution in [2.75, 3.05) is 6.54 Å². The first-order valence-corrected chi connectivity index (χ1v) is 5.67. The fraction of sp³-hybridized carbons (Fsp3) is 0.462. The van der Waals surface area contributed by atoms with Gasteiger partial charge in [-0.05, 0) is 49.9 Å². The number of hydrogen-bond donors (Lipinski definition) is 1. The number of nitrogens with zero attached hydrogens (tertiary/aromatic N) is 1. The fourth-order valence-corrected chi connectivity index (χ4v) is 1.52. The summed E-state index contributed by atoms with van der Waals surface area (Å²) in [4.78, 5) is 4.12. The number of nitrogens with one attached hydrogen (secondary N) is 1. The first kappa shape index (κ1) is 10.4. The van der Waals surface area contributed by atoms with E-state index >= 15 is 0 Å². The van der Waals surface area contributed by atoms with Crippen LogP contribution in [0.2, 0.25) is 0 Å². The summed E-state index contributed by atoms with van der Waals surface area (Å²) < 4.78 is 0. The zero-order valence-electron chi connectivity index (χ0n) is 9.24. The minimum absolute atomic E-state index is 0.818. The highest BCUT2D eigenvalue weighted by atomic mass is 14.9. The van der Waals surface area contributed by atoms with E-state index in [-0.39, 0.29) is 0 Å². The molecule has 0 unspecified atom stereocenters. The second-order valence-corrected chi connectivity index (χ2v) is 4.15. The third-order valence-electron chi connectivity index (χ3n) is 2.70. The second-order valence-electron chi connectivity index (χ2n) is 4.15. The average molecular weight is 202 g/mol. The van der Waals surface area contributed by atoms with Crippen molar-refractivity contribution in [3.8, 4) is 0 Å².